The van der Waals surface area contributed by atoms with Crippen molar-refractivity contribution in [2.75, 3.05) is 26.2 Å². The zero-order valence-electron chi connectivity index (χ0n) is 15.3. The molecule has 3 aromatic rings. The van der Waals surface area contributed by atoms with Crippen molar-refractivity contribution in [3.8, 4) is 11.3 Å². The fourth-order valence-electron chi connectivity index (χ4n) is 3.32. The first-order valence-corrected chi connectivity index (χ1v) is 9.08. The standard InChI is InChI=1S/C19H22N6O2/c1-14-18(22-13-21-14)19(26)25-8-2-7-24(9-10-25)12-16-11-17(23-27-16)15-3-5-20-6-4-15/h3-6,11,13H,2,7-10,12H2,1H3,(H,21,22). The predicted octanol–water partition coefficient (Wildman–Crippen LogP) is 2.12. The maximum absolute atomic E-state index is 12.7. The van der Waals surface area contributed by atoms with Crippen LogP contribution in [0.3, 0.4) is 0 Å². The Morgan fingerprint density at radius 3 is 2.85 bits per heavy atom. The van der Waals surface area contributed by atoms with Crippen LogP contribution < -0.4 is 0 Å². The fraction of sp³-hybridized carbons (Fsp3) is 0.368. The Labute approximate surface area is 157 Å². The van der Waals surface area contributed by atoms with Crippen LogP contribution in [0.2, 0.25) is 0 Å². The fourth-order valence-corrected chi connectivity index (χ4v) is 3.32. The number of aromatic nitrogens is 4. The number of nitrogens with one attached hydrogen (secondary N) is 1. The summed E-state index contributed by atoms with van der Waals surface area (Å²) in [6.45, 7) is 5.67. The molecule has 4 heterocycles. The number of hydrogen-bond donors (Lipinski definition) is 1. The topological polar surface area (TPSA) is 91.2 Å². The Morgan fingerprint density at radius 1 is 1.22 bits per heavy atom. The van der Waals surface area contributed by atoms with Crippen LogP contribution in [-0.2, 0) is 6.54 Å². The quantitative estimate of drug-likeness (QED) is 0.760. The van der Waals surface area contributed by atoms with Gasteiger partial charge >= 0.3 is 0 Å². The number of amides is 1. The van der Waals surface area contributed by atoms with Gasteiger partial charge in [-0.1, -0.05) is 5.16 Å². The summed E-state index contributed by atoms with van der Waals surface area (Å²) in [5.74, 6) is 0.819. The monoisotopic (exact) mass is 366 g/mol. The number of rotatable bonds is 4. The van der Waals surface area contributed by atoms with Crippen molar-refractivity contribution in [3.05, 3.63) is 54.1 Å². The molecule has 140 valence electrons. The van der Waals surface area contributed by atoms with E-state index in [1.165, 1.54) is 0 Å². The van der Waals surface area contributed by atoms with Crippen LogP contribution in [0, 0.1) is 6.92 Å². The maximum atomic E-state index is 12.7. The SMILES string of the molecule is Cc1[nH]cnc1C(=O)N1CCCN(Cc2cc(-c3ccncc3)no2)CC1. The predicted molar refractivity (Wildman–Crippen MR) is 98.9 cm³/mol. The average molecular weight is 366 g/mol. The molecule has 1 aliphatic heterocycles. The zero-order valence-corrected chi connectivity index (χ0v) is 15.3. The molecule has 4 rings (SSSR count). The van der Waals surface area contributed by atoms with E-state index >= 15 is 0 Å². The second-order valence-corrected chi connectivity index (χ2v) is 6.71. The number of carbonyl (C=O) groups is 1. The van der Waals surface area contributed by atoms with Gasteiger partial charge in [-0.05, 0) is 25.5 Å². The van der Waals surface area contributed by atoms with Crippen molar-refractivity contribution in [1.82, 2.24) is 29.9 Å². The molecular weight excluding hydrogens is 344 g/mol. The summed E-state index contributed by atoms with van der Waals surface area (Å²) in [5.41, 5.74) is 3.13. The molecule has 0 atom stereocenters. The Kier molecular flexibility index (Phi) is 4.97. The number of carbonyl (C=O) groups excluding carboxylic acids is 1. The molecule has 8 heteroatoms. The highest BCUT2D eigenvalue weighted by Crippen LogP contribution is 2.19. The number of hydrogen-bond acceptors (Lipinski definition) is 6. The van der Waals surface area contributed by atoms with Gasteiger partial charge in [-0.3, -0.25) is 14.7 Å². The van der Waals surface area contributed by atoms with Gasteiger partial charge in [0.15, 0.2) is 5.76 Å². The normalized spacial score (nSPS) is 15.7. The molecule has 1 fully saturated rings. The number of H-pyrrole nitrogens is 1. The van der Waals surface area contributed by atoms with Crippen molar-refractivity contribution < 1.29 is 9.32 Å². The van der Waals surface area contributed by atoms with E-state index in [1.54, 1.807) is 18.7 Å². The first-order chi connectivity index (χ1) is 13.2. The van der Waals surface area contributed by atoms with E-state index in [0.29, 0.717) is 18.8 Å². The molecule has 0 bridgehead atoms. The van der Waals surface area contributed by atoms with Gasteiger partial charge < -0.3 is 14.4 Å². The van der Waals surface area contributed by atoms with E-state index in [0.717, 1.165) is 48.8 Å². The molecule has 1 N–H and O–H groups in total. The molecule has 1 amide bonds. The molecule has 0 saturated carbocycles. The summed E-state index contributed by atoms with van der Waals surface area (Å²) in [6, 6.07) is 5.79. The molecule has 0 aromatic carbocycles. The molecule has 1 aliphatic rings. The molecule has 3 aromatic heterocycles. The van der Waals surface area contributed by atoms with Crippen LogP contribution in [0.15, 0.2) is 41.4 Å². The average Bonchev–Trinajstić information content (AvgIpc) is 3.26. The van der Waals surface area contributed by atoms with E-state index in [4.69, 9.17) is 4.52 Å². The van der Waals surface area contributed by atoms with Gasteiger partial charge in [-0.2, -0.15) is 0 Å². The van der Waals surface area contributed by atoms with Gasteiger partial charge in [0, 0.05) is 55.9 Å². The maximum Gasteiger partial charge on any atom is 0.274 e. The van der Waals surface area contributed by atoms with Crippen molar-refractivity contribution >= 4 is 5.91 Å². The van der Waals surface area contributed by atoms with Crippen LogP contribution in [0.5, 0.6) is 0 Å². The second-order valence-electron chi connectivity index (χ2n) is 6.71. The van der Waals surface area contributed by atoms with E-state index < -0.39 is 0 Å². The smallest absolute Gasteiger partial charge is 0.274 e. The molecule has 0 spiro atoms. The Bertz CT molecular complexity index is 904. The van der Waals surface area contributed by atoms with Gasteiger partial charge in [0.1, 0.15) is 11.4 Å². The minimum Gasteiger partial charge on any atom is -0.359 e. The van der Waals surface area contributed by atoms with E-state index in [9.17, 15) is 4.79 Å². The van der Waals surface area contributed by atoms with Gasteiger partial charge in [0.05, 0.1) is 12.9 Å². The number of nitrogens with zero attached hydrogens (tertiary/aromatic N) is 5. The van der Waals surface area contributed by atoms with Crippen molar-refractivity contribution in [2.45, 2.75) is 19.9 Å². The first-order valence-electron chi connectivity index (χ1n) is 9.08. The largest absolute Gasteiger partial charge is 0.359 e. The minimum atomic E-state index is -0.00441. The Balaban J connectivity index is 1.37. The van der Waals surface area contributed by atoms with Crippen LogP contribution in [0.4, 0.5) is 0 Å². The van der Waals surface area contributed by atoms with Crippen LogP contribution in [0.25, 0.3) is 11.3 Å². The molecule has 0 unspecified atom stereocenters. The lowest BCUT2D eigenvalue weighted by molar-refractivity contribution is 0.0754. The van der Waals surface area contributed by atoms with Gasteiger partial charge in [0.2, 0.25) is 0 Å². The zero-order chi connectivity index (χ0) is 18.6. The molecule has 0 aliphatic carbocycles. The molecule has 1 saturated heterocycles. The van der Waals surface area contributed by atoms with E-state index in [1.807, 2.05) is 30.0 Å². The third kappa shape index (κ3) is 3.90. The minimum absolute atomic E-state index is 0.00441. The number of aryl methyl sites for hydroxylation is 1. The van der Waals surface area contributed by atoms with Crippen molar-refractivity contribution in [1.29, 1.82) is 0 Å². The van der Waals surface area contributed by atoms with Crippen LogP contribution in [-0.4, -0.2) is 62.0 Å². The third-order valence-corrected chi connectivity index (χ3v) is 4.82. The lowest BCUT2D eigenvalue weighted by Gasteiger charge is -2.20. The van der Waals surface area contributed by atoms with Crippen molar-refractivity contribution in [2.24, 2.45) is 0 Å². The third-order valence-electron chi connectivity index (χ3n) is 4.82. The lowest BCUT2D eigenvalue weighted by Crippen LogP contribution is -2.35. The number of aromatic amines is 1. The Morgan fingerprint density at radius 2 is 2.07 bits per heavy atom. The van der Waals surface area contributed by atoms with Gasteiger partial charge in [-0.25, -0.2) is 4.98 Å². The first kappa shape index (κ1) is 17.4. The van der Waals surface area contributed by atoms with Crippen LogP contribution in [0.1, 0.15) is 28.4 Å². The summed E-state index contributed by atoms with van der Waals surface area (Å²) in [6.07, 6.45) is 5.97. The van der Waals surface area contributed by atoms with E-state index in [2.05, 4.69) is 25.0 Å². The Hall–Kier alpha value is -3.00. The molecule has 27 heavy (non-hydrogen) atoms. The second kappa shape index (κ2) is 7.71. The molecular formula is C19H22N6O2. The highest BCUT2D eigenvalue weighted by molar-refractivity contribution is 5.93. The summed E-state index contributed by atoms with van der Waals surface area (Å²) >= 11 is 0. The summed E-state index contributed by atoms with van der Waals surface area (Å²) in [4.78, 5) is 28.0. The highest BCUT2D eigenvalue weighted by Gasteiger charge is 2.23. The number of imidazole rings is 1. The highest BCUT2D eigenvalue weighted by atomic mass is 16.5. The summed E-state index contributed by atoms with van der Waals surface area (Å²) in [7, 11) is 0. The molecule has 0 radical (unpaired) electrons. The van der Waals surface area contributed by atoms with Crippen LogP contribution >= 0.6 is 0 Å². The lowest BCUT2D eigenvalue weighted by atomic mass is 10.2. The summed E-state index contributed by atoms with van der Waals surface area (Å²) < 4.78 is 5.50. The van der Waals surface area contributed by atoms with E-state index in [-0.39, 0.29) is 5.91 Å². The number of pyridine rings is 1. The summed E-state index contributed by atoms with van der Waals surface area (Å²) in [5, 5.41) is 4.16. The van der Waals surface area contributed by atoms with Gasteiger partial charge in [-0.15, -0.1) is 0 Å². The van der Waals surface area contributed by atoms with Gasteiger partial charge in [0.25, 0.3) is 5.91 Å². The molecule has 8 nitrogen and oxygen atoms in total. The van der Waals surface area contributed by atoms with Crippen molar-refractivity contribution in [3.63, 3.8) is 0 Å².